The average molecular weight is 561 g/mol. The summed E-state index contributed by atoms with van der Waals surface area (Å²) >= 11 is 0. The molecule has 10 heteroatoms. The number of hydrogen-bond donors (Lipinski definition) is 4. The Morgan fingerprint density at radius 2 is 1.52 bits per heavy atom. The Bertz CT molecular complexity index is 1580. The highest BCUT2D eigenvalue weighted by Gasteiger charge is 2.30. The topological polar surface area (TPSA) is 139 Å². The second kappa shape index (κ2) is 11.6. The number of fused-ring (bicyclic) bond motifs is 2. The van der Waals surface area contributed by atoms with E-state index >= 15 is 0 Å². The second-order valence-electron chi connectivity index (χ2n) is 11.2. The van der Waals surface area contributed by atoms with Gasteiger partial charge < -0.3 is 26.1 Å². The molecule has 0 amide bonds. The molecule has 0 bridgehead atoms. The molecule has 2 fully saturated rings. The first-order valence-electron chi connectivity index (χ1n) is 13.8. The molecule has 0 saturated carbocycles. The summed E-state index contributed by atoms with van der Waals surface area (Å²) in [5.41, 5.74) is 7.49. The van der Waals surface area contributed by atoms with Crippen LogP contribution in [0.3, 0.4) is 0 Å². The zero-order valence-corrected chi connectivity index (χ0v) is 23.6. The van der Waals surface area contributed by atoms with Crippen LogP contribution in [0.5, 0.6) is 0 Å². The van der Waals surface area contributed by atoms with Crippen molar-refractivity contribution in [2.24, 2.45) is 0 Å². The van der Waals surface area contributed by atoms with Crippen molar-refractivity contribution in [2.45, 2.75) is 69.5 Å². The van der Waals surface area contributed by atoms with Crippen molar-refractivity contribution in [1.29, 1.82) is 0 Å². The van der Waals surface area contributed by atoms with Crippen LogP contribution in [0.25, 0.3) is 33.3 Å². The number of aromatic nitrogens is 6. The Kier molecular flexibility index (Phi) is 8.19. The standard InChI is InChI=1S/C30H34N8.ClH.H2O/c1-17-11-21(7-9-31-17)29-34-16-28-26(38-29)14-25(36-28)20-5-3-19(4-6-20)24-13-22(12-18(2)35-24)30-33-15-27-23(37-30)8-10-32-27;;/h3-6,8,10,14-18,21-22,24,31-32,35-36H,7,9,11-13H2,1-2H3;1H;1H2. The normalized spacial score (nSPS) is 24.9. The molecule has 2 saturated heterocycles. The molecule has 1 aromatic carbocycles. The van der Waals surface area contributed by atoms with Crippen molar-refractivity contribution in [1.82, 2.24) is 40.5 Å². The largest absolute Gasteiger partial charge is 0.412 e. The number of H-pyrrole nitrogens is 2. The zero-order valence-electron chi connectivity index (χ0n) is 22.8. The van der Waals surface area contributed by atoms with Crippen molar-refractivity contribution in [3.05, 3.63) is 72.2 Å². The minimum absolute atomic E-state index is 0. The van der Waals surface area contributed by atoms with Crippen LogP contribution in [0.1, 0.15) is 74.6 Å². The number of aromatic amines is 2. The van der Waals surface area contributed by atoms with E-state index in [1.807, 2.05) is 24.7 Å². The molecule has 4 aromatic heterocycles. The Labute approximate surface area is 239 Å². The van der Waals surface area contributed by atoms with Gasteiger partial charge in [-0.15, -0.1) is 12.4 Å². The fourth-order valence-electron chi connectivity index (χ4n) is 6.33. The van der Waals surface area contributed by atoms with Crippen molar-refractivity contribution in [2.75, 3.05) is 6.54 Å². The second-order valence-corrected chi connectivity index (χ2v) is 11.2. The van der Waals surface area contributed by atoms with Gasteiger partial charge in [-0.05, 0) is 69.3 Å². The van der Waals surface area contributed by atoms with Crippen LogP contribution in [0.4, 0.5) is 0 Å². The third kappa shape index (κ3) is 5.47. The molecule has 2 aliphatic heterocycles. The van der Waals surface area contributed by atoms with Gasteiger partial charge in [0, 0.05) is 41.9 Å². The lowest BCUT2D eigenvalue weighted by Crippen LogP contribution is -2.38. The van der Waals surface area contributed by atoms with Crippen LogP contribution >= 0.6 is 12.4 Å². The van der Waals surface area contributed by atoms with E-state index in [9.17, 15) is 0 Å². The lowest BCUT2D eigenvalue weighted by molar-refractivity contribution is 0.300. The van der Waals surface area contributed by atoms with Gasteiger partial charge in [-0.3, -0.25) is 0 Å². The number of nitrogens with one attached hydrogen (secondary N) is 4. The molecule has 0 spiro atoms. The number of halogens is 1. The Morgan fingerprint density at radius 1 is 0.800 bits per heavy atom. The lowest BCUT2D eigenvalue weighted by Gasteiger charge is -2.34. The Morgan fingerprint density at radius 3 is 2.33 bits per heavy atom. The molecule has 5 aromatic rings. The van der Waals surface area contributed by atoms with Gasteiger partial charge in [0.05, 0.1) is 34.5 Å². The number of benzene rings is 1. The van der Waals surface area contributed by atoms with Crippen LogP contribution in [0.2, 0.25) is 0 Å². The predicted octanol–water partition coefficient (Wildman–Crippen LogP) is 4.95. The minimum atomic E-state index is 0. The Hall–Kier alpha value is -3.37. The molecule has 0 radical (unpaired) electrons. The van der Waals surface area contributed by atoms with Crippen molar-refractivity contribution in [3.63, 3.8) is 0 Å². The van der Waals surface area contributed by atoms with Crippen LogP contribution in [0, 0.1) is 0 Å². The van der Waals surface area contributed by atoms with E-state index in [4.69, 9.17) is 19.9 Å². The molecule has 2 aliphatic rings. The van der Waals surface area contributed by atoms with Gasteiger partial charge in [0.2, 0.25) is 0 Å². The predicted molar refractivity (Wildman–Crippen MR) is 161 cm³/mol. The summed E-state index contributed by atoms with van der Waals surface area (Å²) in [5.74, 6) is 2.68. The van der Waals surface area contributed by atoms with Crippen molar-refractivity contribution in [3.8, 4) is 11.3 Å². The van der Waals surface area contributed by atoms with Gasteiger partial charge in [0.25, 0.3) is 0 Å². The van der Waals surface area contributed by atoms with Gasteiger partial charge >= 0.3 is 0 Å². The lowest BCUT2D eigenvalue weighted by atomic mass is 9.84. The summed E-state index contributed by atoms with van der Waals surface area (Å²) in [5, 5.41) is 7.31. The number of hydrogen-bond acceptors (Lipinski definition) is 6. The molecule has 9 nitrogen and oxygen atoms in total. The van der Waals surface area contributed by atoms with Crippen LogP contribution in [0.15, 0.2) is 55.0 Å². The highest BCUT2D eigenvalue weighted by Crippen LogP contribution is 2.36. The summed E-state index contributed by atoms with van der Waals surface area (Å²) in [4.78, 5) is 25.9. The first-order valence-corrected chi connectivity index (χ1v) is 13.8. The molecule has 7 rings (SSSR count). The summed E-state index contributed by atoms with van der Waals surface area (Å²) in [6, 6.07) is 14.3. The maximum Gasteiger partial charge on any atom is 0.132 e. The minimum Gasteiger partial charge on any atom is -0.412 e. The van der Waals surface area contributed by atoms with E-state index in [1.54, 1.807) is 0 Å². The summed E-state index contributed by atoms with van der Waals surface area (Å²) in [6.07, 6.45) is 9.99. The third-order valence-corrected chi connectivity index (χ3v) is 8.33. The number of nitrogens with zero attached hydrogens (tertiary/aromatic N) is 4. The fraction of sp³-hybridized carbons (Fsp3) is 0.400. The third-order valence-electron chi connectivity index (χ3n) is 8.33. The molecular formula is C30H37ClN8O. The fourth-order valence-corrected chi connectivity index (χ4v) is 6.33. The molecule has 40 heavy (non-hydrogen) atoms. The molecular weight excluding hydrogens is 524 g/mol. The first kappa shape index (κ1) is 28.2. The molecule has 5 atom stereocenters. The molecule has 5 unspecified atom stereocenters. The first-order chi connectivity index (χ1) is 18.6. The van der Waals surface area contributed by atoms with Crippen LogP contribution in [-0.4, -0.2) is 54.0 Å². The van der Waals surface area contributed by atoms with Gasteiger partial charge in [0.1, 0.15) is 11.6 Å². The van der Waals surface area contributed by atoms with Crippen molar-refractivity contribution < 1.29 is 5.48 Å². The van der Waals surface area contributed by atoms with Gasteiger partial charge in [-0.25, -0.2) is 19.9 Å². The van der Waals surface area contributed by atoms with E-state index in [1.165, 1.54) is 5.56 Å². The number of piperidine rings is 2. The molecule has 6 N–H and O–H groups in total. The molecule has 0 aliphatic carbocycles. The maximum absolute atomic E-state index is 4.94. The quantitative estimate of drug-likeness (QED) is 0.245. The van der Waals surface area contributed by atoms with E-state index in [0.717, 1.165) is 77.2 Å². The van der Waals surface area contributed by atoms with Crippen LogP contribution in [-0.2, 0) is 0 Å². The summed E-state index contributed by atoms with van der Waals surface area (Å²) in [7, 11) is 0. The highest BCUT2D eigenvalue weighted by atomic mass is 35.5. The van der Waals surface area contributed by atoms with E-state index in [2.05, 4.69) is 64.8 Å². The maximum atomic E-state index is 4.94. The summed E-state index contributed by atoms with van der Waals surface area (Å²) in [6.45, 7) is 5.53. The smallest absolute Gasteiger partial charge is 0.132 e. The average Bonchev–Trinajstić information content (AvgIpc) is 3.59. The summed E-state index contributed by atoms with van der Waals surface area (Å²) < 4.78 is 0. The van der Waals surface area contributed by atoms with Gasteiger partial charge in [-0.1, -0.05) is 24.3 Å². The van der Waals surface area contributed by atoms with Crippen LogP contribution < -0.4 is 10.6 Å². The monoisotopic (exact) mass is 560 g/mol. The van der Waals surface area contributed by atoms with E-state index in [0.29, 0.717) is 23.9 Å². The van der Waals surface area contributed by atoms with E-state index in [-0.39, 0.29) is 23.9 Å². The number of rotatable bonds is 4. The zero-order chi connectivity index (χ0) is 25.6. The highest BCUT2D eigenvalue weighted by molar-refractivity contribution is 5.85. The van der Waals surface area contributed by atoms with Gasteiger partial charge in [0.15, 0.2) is 0 Å². The Balaban J connectivity index is 0.00000161. The van der Waals surface area contributed by atoms with E-state index < -0.39 is 0 Å². The SMILES string of the molecule is CC1CC(c2ncc3[nH]c(-c4ccc(C5CC(c6ncc7[nH]ccc7n6)CC(C)N5)cc4)cc3n2)CCN1.Cl.O. The van der Waals surface area contributed by atoms with Gasteiger partial charge in [-0.2, -0.15) is 0 Å². The molecule has 6 heterocycles. The molecule has 210 valence electrons. The van der Waals surface area contributed by atoms with Crippen molar-refractivity contribution >= 4 is 34.5 Å².